The minimum atomic E-state index is -0.919. The number of nitrogens with zero attached hydrogens (tertiary/aromatic N) is 1. The number of aliphatic hydroxyl groups is 2. The lowest BCUT2D eigenvalue weighted by atomic mass is 10.0. The van der Waals surface area contributed by atoms with Crippen molar-refractivity contribution in [3.8, 4) is 17.1 Å². The molecule has 0 saturated heterocycles. The molecule has 0 fully saturated rings. The maximum atomic E-state index is 12.8. The second-order valence-electron chi connectivity index (χ2n) is 8.65. The van der Waals surface area contributed by atoms with Crippen LogP contribution in [-0.2, 0) is 0 Å². The Morgan fingerprint density at radius 3 is 2.41 bits per heavy atom. The summed E-state index contributed by atoms with van der Waals surface area (Å²) >= 11 is 0. The summed E-state index contributed by atoms with van der Waals surface area (Å²) in [6.07, 6.45) is -0.919. The van der Waals surface area contributed by atoms with E-state index in [2.05, 4.69) is 10.3 Å². The normalized spacial score (nSPS) is 12.1. The summed E-state index contributed by atoms with van der Waals surface area (Å²) < 4.78 is 5.59. The van der Waals surface area contributed by atoms with Gasteiger partial charge in [0, 0.05) is 16.8 Å². The summed E-state index contributed by atoms with van der Waals surface area (Å²) in [6, 6.07) is 15.0. The van der Waals surface area contributed by atoms with Crippen LogP contribution in [0, 0.1) is 27.7 Å². The molecule has 0 aliphatic heterocycles. The first kappa shape index (κ1) is 23.5. The van der Waals surface area contributed by atoms with Crippen LogP contribution in [0.5, 0.6) is 5.75 Å². The van der Waals surface area contributed by atoms with Crippen molar-refractivity contribution in [1.29, 1.82) is 0 Å². The quantitative estimate of drug-likeness (QED) is 0.327. The summed E-state index contributed by atoms with van der Waals surface area (Å²) in [5.74, 6) is 1.14. The molecular formula is C27H29N3O4. The Morgan fingerprint density at radius 1 is 1.00 bits per heavy atom. The van der Waals surface area contributed by atoms with E-state index in [4.69, 9.17) is 14.8 Å². The number of fused-ring (bicyclic) bond motifs is 1. The van der Waals surface area contributed by atoms with Crippen molar-refractivity contribution in [2.75, 3.05) is 18.5 Å². The maximum absolute atomic E-state index is 12.8. The van der Waals surface area contributed by atoms with Gasteiger partial charge in [0.25, 0.3) is 5.91 Å². The van der Waals surface area contributed by atoms with E-state index < -0.39 is 6.10 Å². The number of anilines is 1. The molecule has 1 atom stereocenters. The van der Waals surface area contributed by atoms with E-state index in [1.165, 1.54) is 5.56 Å². The van der Waals surface area contributed by atoms with Crippen LogP contribution in [-0.4, -0.2) is 45.4 Å². The maximum Gasteiger partial charge on any atom is 0.255 e. The number of aromatic amines is 1. The SMILES string of the molecule is Cc1ccc(NC(=O)c2ccc3nc(-c4c(C)cc(OC[C@H](O)CO)cc4C)[nH]c3c2)cc1C. The molecule has 1 amide bonds. The first-order valence-corrected chi connectivity index (χ1v) is 11.2. The van der Waals surface area contributed by atoms with Crippen LogP contribution in [0.15, 0.2) is 48.5 Å². The van der Waals surface area contributed by atoms with E-state index in [1.807, 2.05) is 64.1 Å². The van der Waals surface area contributed by atoms with Crippen LogP contribution in [0.4, 0.5) is 5.69 Å². The van der Waals surface area contributed by atoms with Crippen molar-refractivity contribution >= 4 is 22.6 Å². The van der Waals surface area contributed by atoms with Gasteiger partial charge in [-0.05, 0) is 92.4 Å². The molecule has 1 heterocycles. The monoisotopic (exact) mass is 459 g/mol. The molecule has 34 heavy (non-hydrogen) atoms. The molecule has 4 aromatic rings. The smallest absolute Gasteiger partial charge is 0.255 e. The fraction of sp³-hybridized carbons (Fsp3) is 0.259. The van der Waals surface area contributed by atoms with E-state index in [-0.39, 0.29) is 19.1 Å². The van der Waals surface area contributed by atoms with Gasteiger partial charge >= 0.3 is 0 Å². The van der Waals surface area contributed by atoms with Crippen molar-refractivity contribution in [2.24, 2.45) is 0 Å². The molecule has 0 bridgehead atoms. The van der Waals surface area contributed by atoms with Crippen LogP contribution < -0.4 is 10.1 Å². The third-order valence-electron chi connectivity index (χ3n) is 5.90. The van der Waals surface area contributed by atoms with Crippen LogP contribution in [0.1, 0.15) is 32.6 Å². The summed E-state index contributed by atoms with van der Waals surface area (Å²) in [5.41, 5.74) is 8.01. The molecule has 176 valence electrons. The van der Waals surface area contributed by atoms with Crippen LogP contribution in [0.2, 0.25) is 0 Å². The molecule has 0 aliphatic rings. The zero-order valence-electron chi connectivity index (χ0n) is 19.8. The lowest BCUT2D eigenvalue weighted by Gasteiger charge is -2.14. The highest BCUT2D eigenvalue weighted by Crippen LogP contribution is 2.31. The Kier molecular flexibility index (Phi) is 6.68. The standard InChI is InChI=1S/C27H29N3O4/c1-15-5-7-20(9-16(15)2)28-27(33)19-6-8-23-24(12-19)30-26(29-23)25-17(3)10-22(11-18(25)4)34-14-21(32)13-31/h5-12,21,31-32H,13-14H2,1-4H3,(H,28,33)(H,29,30)/t21-/m1/s1. The molecule has 4 N–H and O–H groups in total. The number of aromatic nitrogens is 2. The minimum absolute atomic E-state index is 0.0202. The Bertz CT molecular complexity index is 1340. The van der Waals surface area contributed by atoms with Crippen molar-refractivity contribution in [3.05, 3.63) is 76.3 Å². The van der Waals surface area contributed by atoms with E-state index in [9.17, 15) is 9.90 Å². The predicted octanol–water partition coefficient (Wildman–Crippen LogP) is 4.45. The van der Waals surface area contributed by atoms with Gasteiger partial charge in [0.2, 0.25) is 0 Å². The summed E-state index contributed by atoms with van der Waals surface area (Å²) in [5, 5.41) is 21.4. The Hall–Kier alpha value is -3.68. The van der Waals surface area contributed by atoms with E-state index in [0.29, 0.717) is 17.1 Å². The van der Waals surface area contributed by atoms with Gasteiger partial charge in [-0.1, -0.05) is 6.07 Å². The summed E-state index contributed by atoms with van der Waals surface area (Å²) in [4.78, 5) is 20.9. The number of carbonyl (C=O) groups excluding carboxylic acids is 1. The highest BCUT2D eigenvalue weighted by molar-refractivity contribution is 6.06. The minimum Gasteiger partial charge on any atom is -0.491 e. The molecule has 1 aromatic heterocycles. The zero-order valence-corrected chi connectivity index (χ0v) is 19.8. The lowest BCUT2D eigenvalue weighted by Crippen LogP contribution is -2.21. The fourth-order valence-corrected chi connectivity index (χ4v) is 3.92. The number of carbonyl (C=O) groups is 1. The molecule has 7 heteroatoms. The molecular weight excluding hydrogens is 430 g/mol. The Morgan fingerprint density at radius 2 is 1.74 bits per heavy atom. The van der Waals surface area contributed by atoms with Gasteiger partial charge in [-0.2, -0.15) is 0 Å². The fourth-order valence-electron chi connectivity index (χ4n) is 3.92. The van der Waals surface area contributed by atoms with Gasteiger partial charge < -0.3 is 25.3 Å². The van der Waals surface area contributed by atoms with Crippen molar-refractivity contribution in [1.82, 2.24) is 9.97 Å². The van der Waals surface area contributed by atoms with Gasteiger partial charge in [0.1, 0.15) is 24.3 Å². The number of H-pyrrole nitrogens is 1. The molecule has 0 spiro atoms. The molecule has 0 radical (unpaired) electrons. The Balaban J connectivity index is 1.58. The molecule has 3 aromatic carbocycles. The predicted molar refractivity (Wildman–Crippen MR) is 133 cm³/mol. The van der Waals surface area contributed by atoms with Crippen LogP contribution in [0.3, 0.4) is 0 Å². The average molecular weight is 460 g/mol. The van der Waals surface area contributed by atoms with Gasteiger partial charge in [-0.3, -0.25) is 4.79 Å². The number of hydrogen-bond acceptors (Lipinski definition) is 5. The van der Waals surface area contributed by atoms with Crippen molar-refractivity contribution in [2.45, 2.75) is 33.8 Å². The summed E-state index contributed by atoms with van der Waals surface area (Å²) in [6.45, 7) is 7.66. The summed E-state index contributed by atoms with van der Waals surface area (Å²) in [7, 11) is 0. The Labute approximate surface area is 198 Å². The van der Waals surface area contributed by atoms with E-state index in [1.54, 1.807) is 12.1 Å². The second-order valence-corrected chi connectivity index (χ2v) is 8.65. The van der Waals surface area contributed by atoms with Crippen molar-refractivity contribution < 1.29 is 19.7 Å². The third-order valence-corrected chi connectivity index (χ3v) is 5.90. The molecule has 0 unspecified atom stereocenters. The lowest BCUT2D eigenvalue weighted by molar-refractivity contribution is 0.0536. The first-order chi connectivity index (χ1) is 16.2. The number of nitrogens with one attached hydrogen (secondary N) is 2. The number of hydrogen-bond donors (Lipinski definition) is 4. The topological polar surface area (TPSA) is 107 Å². The first-order valence-electron chi connectivity index (χ1n) is 11.2. The highest BCUT2D eigenvalue weighted by Gasteiger charge is 2.15. The average Bonchev–Trinajstić information content (AvgIpc) is 3.22. The molecule has 4 rings (SSSR count). The van der Waals surface area contributed by atoms with Crippen LogP contribution in [0.25, 0.3) is 22.4 Å². The second kappa shape index (κ2) is 9.67. The molecule has 7 nitrogen and oxygen atoms in total. The largest absolute Gasteiger partial charge is 0.491 e. The molecule has 0 aliphatic carbocycles. The van der Waals surface area contributed by atoms with Gasteiger partial charge in [-0.25, -0.2) is 4.98 Å². The van der Waals surface area contributed by atoms with Gasteiger partial charge in [0.05, 0.1) is 17.6 Å². The number of amides is 1. The number of ether oxygens (including phenoxy) is 1. The van der Waals surface area contributed by atoms with Gasteiger partial charge in [0.15, 0.2) is 0 Å². The van der Waals surface area contributed by atoms with E-state index in [0.717, 1.165) is 39.0 Å². The number of imidazole rings is 1. The zero-order chi connectivity index (χ0) is 24.4. The molecule has 0 saturated carbocycles. The van der Waals surface area contributed by atoms with Crippen molar-refractivity contribution in [3.63, 3.8) is 0 Å². The number of rotatable bonds is 7. The van der Waals surface area contributed by atoms with Gasteiger partial charge in [-0.15, -0.1) is 0 Å². The van der Waals surface area contributed by atoms with Crippen LogP contribution >= 0.6 is 0 Å². The number of aliphatic hydroxyl groups excluding tert-OH is 2. The highest BCUT2D eigenvalue weighted by atomic mass is 16.5. The number of aryl methyl sites for hydroxylation is 4. The third kappa shape index (κ3) is 4.95. The number of benzene rings is 3. The van der Waals surface area contributed by atoms with E-state index >= 15 is 0 Å².